The van der Waals surface area contributed by atoms with E-state index in [9.17, 15) is 34.8 Å². The van der Waals surface area contributed by atoms with Crippen LogP contribution in [0.4, 0.5) is 0 Å². The van der Waals surface area contributed by atoms with Crippen molar-refractivity contribution in [1.29, 1.82) is 0 Å². The number of rotatable bonds is 3. The summed E-state index contributed by atoms with van der Waals surface area (Å²) < 4.78 is 5.39. The smallest absolute Gasteiger partial charge is 0.255 e. The number of aromatic hydroxyl groups is 2. The highest BCUT2D eigenvalue weighted by atomic mass is 16.5. The summed E-state index contributed by atoms with van der Waals surface area (Å²) in [7, 11) is 0. The molecule has 10 nitrogen and oxygen atoms in total. The zero-order valence-corrected chi connectivity index (χ0v) is 20.1. The highest BCUT2D eigenvalue weighted by molar-refractivity contribution is 6.25. The summed E-state index contributed by atoms with van der Waals surface area (Å²) in [6.07, 6.45) is 2.99. The van der Waals surface area contributed by atoms with Gasteiger partial charge in [-0.05, 0) is 53.8 Å². The number of hydrogen-bond acceptors (Lipinski definition) is 9. The first kappa shape index (κ1) is 23.9. The molecule has 4 aliphatic rings. The van der Waals surface area contributed by atoms with E-state index in [-0.39, 0.29) is 29.0 Å². The van der Waals surface area contributed by atoms with E-state index >= 15 is 0 Å². The van der Waals surface area contributed by atoms with Gasteiger partial charge < -0.3 is 30.9 Å². The average molecular weight is 509 g/mol. The van der Waals surface area contributed by atoms with Crippen LogP contribution in [0.2, 0.25) is 0 Å². The second-order valence-electron chi connectivity index (χ2n) is 10.4. The summed E-state index contributed by atoms with van der Waals surface area (Å²) in [5.74, 6) is -5.75. The molecule has 10 heteroatoms. The molecule has 1 saturated carbocycles. The van der Waals surface area contributed by atoms with Gasteiger partial charge in [-0.3, -0.25) is 19.3 Å². The maximum Gasteiger partial charge on any atom is 0.255 e. The maximum absolute atomic E-state index is 14.0. The largest absolute Gasteiger partial charge is 0.508 e. The van der Waals surface area contributed by atoms with Crippen LogP contribution in [-0.2, 0) is 20.7 Å². The number of ketones is 2. The molecule has 0 bridgehead atoms. The van der Waals surface area contributed by atoms with Crippen molar-refractivity contribution in [2.45, 2.75) is 43.2 Å². The molecule has 6 rings (SSSR count). The van der Waals surface area contributed by atoms with Crippen molar-refractivity contribution in [1.82, 2.24) is 4.90 Å². The van der Waals surface area contributed by atoms with Crippen LogP contribution in [0.1, 0.15) is 46.7 Å². The van der Waals surface area contributed by atoms with Crippen LogP contribution >= 0.6 is 0 Å². The van der Waals surface area contributed by atoms with Gasteiger partial charge in [-0.25, -0.2) is 0 Å². The highest BCUT2D eigenvalue weighted by Crippen LogP contribution is 2.51. The molecule has 6 N–H and O–H groups in total. The van der Waals surface area contributed by atoms with Gasteiger partial charge in [0, 0.05) is 19.0 Å². The Balaban J connectivity index is 1.59. The molecule has 2 fully saturated rings. The van der Waals surface area contributed by atoms with Crippen molar-refractivity contribution < 1.29 is 39.5 Å². The standard InChI is InChI=1S/C27H28N2O8/c28-26(35)20-23(32)21(29-6-8-37-9-7-29)16-11-13-10-15-14(12-2-1-3-12)4-5-17(30)19(15)22(31)18(13)24(33)27(16,36)25(20)34/h4-5,10,12,16,21,30-31,34,36H,1-3,6-9,11H2,(H2,28,35)/t16?,21-,27+/m1/s1. The van der Waals surface area contributed by atoms with E-state index in [1.165, 1.54) is 6.07 Å². The van der Waals surface area contributed by atoms with Crippen LogP contribution in [0.25, 0.3) is 10.8 Å². The fourth-order valence-electron chi connectivity index (χ4n) is 6.56. The summed E-state index contributed by atoms with van der Waals surface area (Å²) in [6, 6.07) is 3.92. The van der Waals surface area contributed by atoms with Gasteiger partial charge in [-0.15, -0.1) is 0 Å². The molecule has 1 heterocycles. The number of phenolic OH excluding ortho intramolecular Hbond substituents is 2. The fraction of sp³-hybridized carbons (Fsp3) is 0.444. The number of carbonyl (C=O) groups excluding carboxylic acids is 3. The zero-order chi connectivity index (χ0) is 26.2. The average Bonchev–Trinajstić information content (AvgIpc) is 2.82. The second kappa shape index (κ2) is 8.27. The molecular weight excluding hydrogens is 480 g/mol. The lowest BCUT2D eigenvalue weighted by molar-refractivity contribution is -0.136. The van der Waals surface area contributed by atoms with E-state index < -0.39 is 52.1 Å². The molecule has 1 aliphatic heterocycles. The summed E-state index contributed by atoms with van der Waals surface area (Å²) in [5, 5.41) is 45.5. The van der Waals surface area contributed by atoms with Gasteiger partial charge >= 0.3 is 0 Å². The van der Waals surface area contributed by atoms with Crippen LogP contribution in [0.3, 0.4) is 0 Å². The lowest BCUT2D eigenvalue weighted by atomic mass is 9.61. The number of benzene rings is 2. The van der Waals surface area contributed by atoms with E-state index in [1.807, 2.05) is 6.07 Å². The van der Waals surface area contributed by atoms with E-state index in [1.54, 1.807) is 11.0 Å². The molecule has 2 aromatic carbocycles. The number of morpholine rings is 1. The Kier molecular flexibility index (Phi) is 5.34. The molecule has 37 heavy (non-hydrogen) atoms. The quantitative estimate of drug-likeness (QED) is 0.382. The zero-order valence-electron chi connectivity index (χ0n) is 20.1. The number of nitrogens with two attached hydrogens (primary N) is 1. The van der Waals surface area contributed by atoms with E-state index in [4.69, 9.17) is 10.5 Å². The number of ether oxygens (including phenoxy) is 1. The van der Waals surface area contributed by atoms with Crippen molar-refractivity contribution in [3.8, 4) is 11.5 Å². The van der Waals surface area contributed by atoms with Crippen molar-refractivity contribution in [3.05, 3.63) is 46.2 Å². The van der Waals surface area contributed by atoms with E-state index in [0.717, 1.165) is 24.8 Å². The first-order valence-corrected chi connectivity index (χ1v) is 12.5. The van der Waals surface area contributed by atoms with Gasteiger partial charge in [-0.2, -0.15) is 0 Å². The van der Waals surface area contributed by atoms with Crippen LogP contribution in [0.5, 0.6) is 11.5 Å². The Hall–Kier alpha value is -3.47. The number of aliphatic hydroxyl groups is 2. The molecule has 1 amide bonds. The van der Waals surface area contributed by atoms with Crippen LogP contribution < -0.4 is 5.73 Å². The third-order valence-corrected chi connectivity index (χ3v) is 8.64. The lowest BCUT2D eigenvalue weighted by Gasteiger charge is -2.49. The Morgan fingerprint density at radius 1 is 1.11 bits per heavy atom. The molecule has 0 aromatic heterocycles. The molecule has 1 saturated heterocycles. The van der Waals surface area contributed by atoms with Gasteiger partial charge in [0.25, 0.3) is 5.91 Å². The predicted molar refractivity (Wildman–Crippen MR) is 130 cm³/mol. The third kappa shape index (κ3) is 3.19. The Labute approximate surface area is 211 Å². The summed E-state index contributed by atoms with van der Waals surface area (Å²) >= 11 is 0. The number of amides is 1. The van der Waals surface area contributed by atoms with Crippen molar-refractivity contribution >= 4 is 28.2 Å². The Bertz CT molecular complexity index is 1410. The molecule has 3 atom stereocenters. The van der Waals surface area contributed by atoms with Crippen molar-refractivity contribution in [2.75, 3.05) is 26.3 Å². The number of aliphatic hydroxyl groups excluding tert-OH is 1. The predicted octanol–water partition coefficient (Wildman–Crippen LogP) is 1.19. The topological polar surface area (TPSA) is 171 Å². The molecule has 194 valence electrons. The van der Waals surface area contributed by atoms with Crippen molar-refractivity contribution in [2.24, 2.45) is 11.7 Å². The van der Waals surface area contributed by atoms with E-state index in [2.05, 4.69) is 0 Å². The SMILES string of the molecule is NC(=O)C1=C(O)[C@@]2(O)C(=O)c3c(cc4c(C5CCC5)ccc(O)c4c3O)CC2[C@@H](N2CCOCC2)C1=O. The lowest BCUT2D eigenvalue weighted by Crippen LogP contribution is -2.66. The monoisotopic (exact) mass is 508 g/mol. The minimum Gasteiger partial charge on any atom is -0.508 e. The second-order valence-corrected chi connectivity index (χ2v) is 10.4. The van der Waals surface area contributed by atoms with Crippen LogP contribution in [0, 0.1) is 5.92 Å². The Morgan fingerprint density at radius 3 is 2.43 bits per heavy atom. The van der Waals surface area contributed by atoms with Crippen molar-refractivity contribution in [3.63, 3.8) is 0 Å². The first-order valence-electron chi connectivity index (χ1n) is 12.5. The summed E-state index contributed by atoms with van der Waals surface area (Å²) in [6.45, 7) is 1.27. The van der Waals surface area contributed by atoms with Gasteiger partial charge in [0.05, 0.1) is 30.2 Å². The van der Waals surface area contributed by atoms with Crippen LogP contribution in [0.15, 0.2) is 29.5 Å². The number of Topliss-reactive ketones (excluding diaryl/α,β-unsaturated/α-hetero) is 2. The highest BCUT2D eigenvalue weighted by Gasteiger charge is 2.62. The van der Waals surface area contributed by atoms with Gasteiger partial charge in [0.2, 0.25) is 5.78 Å². The number of phenols is 2. The molecule has 3 aliphatic carbocycles. The molecule has 0 radical (unpaired) electrons. The number of carbonyl (C=O) groups is 3. The maximum atomic E-state index is 14.0. The number of fused-ring (bicyclic) bond motifs is 3. The number of nitrogens with zero attached hydrogens (tertiary/aromatic N) is 1. The van der Waals surface area contributed by atoms with Crippen LogP contribution in [-0.4, -0.2) is 80.7 Å². The summed E-state index contributed by atoms with van der Waals surface area (Å²) in [4.78, 5) is 41.4. The minimum absolute atomic E-state index is 0.0370. The molecule has 1 unspecified atom stereocenters. The van der Waals surface area contributed by atoms with Gasteiger partial charge in [-0.1, -0.05) is 12.5 Å². The number of hydrogen-bond donors (Lipinski definition) is 5. The van der Waals surface area contributed by atoms with Gasteiger partial charge in [0.1, 0.15) is 22.8 Å². The third-order valence-electron chi connectivity index (χ3n) is 8.64. The first-order chi connectivity index (χ1) is 17.7. The molecular formula is C27H28N2O8. The van der Waals surface area contributed by atoms with E-state index in [0.29, 0.717) is 37.3 Å². The normalized spacial score (nSPS) is 28.7. The Morgan fingerprint density at radius 2 is 1.81 bits per heavy atom. The molecule has 0 spiro atoms. The number of primary amides is 1. The fourth-order valence-corrected chi connectivity index (χ4v) is 6.56. The molecule has 2 aromatic rings. The minimum atomic E-state index is -2.67. The van der Waals surface area contributed by atoms with Gasteiger partial charge in [0.15, 0.2) is 11.4 Å². The summed E-state index contributed by atoms with van der Waals surface area (Å²) in [5.41, 5.74) is 3.04.